The van der Waals surface area contributed by atoms with E-state index in [4.69, 9.17) is 0 Å². The van der Waals surface area contributed by atoms with Crippen molar-refractivity contribution in [1.82, 2.24) is 5.32 Å². The highest BCUT2D eigenvalue weighted by Gasteiger charge is 2.25. The van der Waals surface area contributed by atoms with Crippen molar-refractivity contribution in [1.29, 1.82) is 0 Å². The van der Waals surface area contributed by atoms with Gasteiger partial charge in [-0.3, -0.25) is 9.79 Å². The minimum absolute atomic E-state index is 0.0411. The highest BCUT2D eigenvalue weighted by Crippen LogP contribution is 2.24. The van der Waals surface area contributed by atoms with Crippen LogP contribution in [-0.4, -0.2) is 17.8 Å². The molecule has 16 heavy (non-hydrogen) atoms. The van der Waals surface area contributed by atoms with Gasteiger partial charge in [0.2, 0.25) is 5.91 Å². The summed E-state index contributed by atoms with van der Waals surface area (Å²) in [5, 5.41) is 2.50. The Balaban J connectivity index is 2.47. The Kier molecular flexibility index (Phi) is 2.75. The Hall–Kier alpha value is -1.30. The second kappa shape index (κ2) is 3.93. The van der Waals surface area contributed by atoms with Crippen molar-refractivity contribution in [2.45, 2.75) is 13.0 Å². The molecule has 2 rings (SSSR count). The number of benzene rings is 1. The van der Waals surface area contributed by atoms with E-state index in [0.29, 0.717) is 5.56 Å². The van der Waals surface area contributed by atoms with Crippen LogP contribution in [0, 0.1) is 11.6 Å². The molecule has 84 valence electrons. The van der Waals surface area contributed by atoms with Crippen LogP contribution in [0.1, 0.15) is 12.5 Å². The molecule has 0 saturated carbocycles. The minimum atomic E-state index is -0.992. The Bertz CT molecular complexity index is 502. The monoisotopic (exact) mass is 288 g/mol. The summed E-state index contributed by atoms with van der Waals surface area (Å²) < 4.78 is 26.1. The number of aliphatic imine (C=N–C) groups is 1. The fourth-order valence-corrected chi connectivity index (χ4v) is 1.86. The highest BCUT2D eigenvalue weighted by atomic mass is 79.9. The Morgan fingerprint density at radius 3 is 2.69 bits per heavy atom. The van der Waals surface area contributed by atoms with Gasteiger partial charge in [0, 0.05) is 5.56 Å². The first-order valence-corrected chi connectivity index (χ1v) is 5.32. The number of rotatable bonds is 1. The van der Waals surface area contributed by atoms with Gasteiger partial charge in [0.05, 0.1) is 4.47 Å². The standard InChI is InChI=1S/C10H7BrF2N2O/c1-4-10(16)15-9(14-4)5-2-3-6(12)8(13)7(5)11/h2-4H,1H3,(H,14,15,16). The smallest absolute Gasteiger partial charge is 0.250 e. The number of nitrogens with one attached hydrogen (secondary N) is 1. The van der Waals surface area contributed by atoms with Gasteiger partial charge >= 0.3 is 0 Å². The summed E-state index contributed by atoms with van der Waals surface area (Å²) >= 11 is 2.93. The average Bonchev–Trinajstić information content (AvgIpc) is 2.56. The largest absolute Gasteiger partial charge is 0.309 e. The lowest BCUT2D eigenvalue weighted by Crippen LogP contribution is -2.28. The number of nitrogens with zero attached hydrogens (tertiary/aromatic N) is 1. The van der Waals surface area contributed by atoms with Gasteiger partial charge in [-0.1, -0.05) is 0 Å². The first-order valence-electron chi connectivity index (χ1n) is 4.53. The topological polar surface area (TPSA) is 41.5 Å². The van der Waals surface area contributed by atoms with E-state index in [9.17, 15) is 13.6 Å². The van der Waals surface area contributed by atoms with Crippen LogP contribution in [0.4, 0.5) is 8.78 Å². The number of amides is 1. The Labute approximate surface area is 98.7 Å². The molecule has 1 aliphatic heterocycles. The molecule has 0 radical (unpaired) electrons. The summed E-state index contributed by atoms with van der Waals surface area (Å²) in [6.07, 6.45) is 0. The van der Waals surface area contributed by atoms with Gasteiger partial charge in [0.1, 0.15) is 11.9 Å². The number of halogens is 3. The summed E-state index contributed by atoms with van der Waals surface area (Å²) in [4.78, 5) is 15.2. The quantitative estimate of drug-likeness (QED) is 0.789. The van der Waals surface area contributed by atoms with Gasteiger partial charge < -0.3 is 5.32 Å². The second-order valence-electron chi connectivity index (χ2n) is 3.37. The highest BCUT2D eigenvalue weighted by molar-refractivity contribution is 9.10. The normalized spacial score (nSPS) is 19.6. The molecule has 0 bridgehead atoms. The Morgan fingerprint density at radius 2 is 2.12 bits per heavy atom. The van der Waals surface area contributed by atoms with Crippen molar-refractivity contribution in [2.75, 3.05) is 0 Å². The van der Waals surface area contributed by atoms with E-state index in [1.165, 1.54) is 6.07 Å². The second-order valence-corrected chi connectivity index (χ2v) is 4.16. The van der Waals surface area contributed by atoms with Crippen LogP contribution >= 0.6 is 15.9 Å². The fraction of sp³-hybridized carbons (Fsp3) is 0.200. The van der Waals surface area contributed by atoms with Gasteiger partial charge in [-0.15, -0.1) is 0 Å². The van der Waals surface area contributed by atoms with Crippen LogP contribution in [0.2, 0.25) is 0 Å². The molecular weight excluding hydrogens is 282 g/mol. The molecule has 0 saturated heterocycles. The molecule has 0 aromatic heterocycles. The predicted molar refractivity (Wildman–Crippen MR) is 58.2 cm³/mol. The van der Waals surface area contributed by atoms with Gasteiger partial charge in [0.15, 0.2) is 11.6 Å². The lowest BCUT2D eigenvalue weighted by Gasteiger charge is -2.05. The molecular formula is C10H7BrF2N2O. The Morgan fingerprint density at radius 1 is 1.44 bits per heavy atom. The van der Waals surface area contributed by atoms with Gasteiger partial charge in [0.25, 0.3) is 0 Å². The molecule has 6 heteroatoms. The summed E-state index contributed by atoms with van der Waals surface area (Å²) in [5.74, 6) is -1.95. The molecule has 1 unspecified atom stereocenters. The van der Waals surface area contributed by atoms with Crippen molar-refractivity contribution in [3.8, 4) is 0 Å². The van der Waals surface area contributed by atoms with Crippen molar-refractivity contribution in [3.63, 3.8) is 0 Å². The third-order valence-corrected chi connectivity index (χ3v) is 3.01. The number of carbonyl (C=O) groups is 1. The van der Waals surface area contributed by atoms with E-state index in [0.717, 1.165) is 6.07 Å². The van der Waals surface area contributed by atoms with E-state index in [1.807, 2.05) is 0 Å². The predicted octanol–water partition coefficient (Wildman–Crippen LogP) is 1.99. The van der Waals surface area contributed by atoms with E-state index >= 15 is 0 Å². The third kappa shape index (κ3) is 1.73. The third-order valence-electron chi connectivity index (χ3n) is 2.23. The molecule has 0 fully saturated rings. The lowest BCUT2D eigenvalue weighted by atomic mass is 10.2. The van der Waals surface area contributed by atoms with Gasteiger partial charge in [-0.2, -0.15) is 0 Å². The summed E-state index contributed by atoms with van der Waals surface area (Å²) in [6, 6.07) is 1.85. The maximum Gasteiger partial charge on any atom is 0.250 e. The number of hydrogen-bond donors (Lipinski definition) is 1. The van der Waals surface area contributed by atoms with E-state index in [1.54, 1.807) is 6.92 Å². The van der Waals surface area contributed by atoms with Crippen molar-refractivity contribution in [2.24, 2.45) is 4.99 Å². The van der Waals surface area contributed by atoms with Crippen molar-refractivity contribution in [3.05, 3.63) is 33.8 Å². The first-order chi connectivity index (χ1) is 7.50. The van der Waals surface area contributed by atoms with Crippen LogP contribution in [0.25, 0.3) is 0 Å². The zero-order chi connectivity index (χ0) is 11.9. The number of hydrogen-bond acceptors (Lipinski definition) is 2. The van der Waals surface area contributed by atoms with Crippen molar-refractivity contribution >= 4 is 27.7 Å². The zero-order valence-corrected chi connectivity index (χ0v) is 9.81. The molecule has 3 nitrogen and oxygen atoms in total. The van der Waals surface area contributed by atoms with E-state index in [-0.39, 0.29) is 16.2 Å². The van der Waals surface area contributed by atoms with Crippen LogP contribution < -0.4 is 5.32 Å². The molecule has 1 heterocycles. The van der Waals surface area contributed by atoms with Crippen LogP contribution in [0.5, 0.6) is 0 Å². The molecule has 0 aliphatic carbocycles. The van der Waals surface area contributed by atoms with Crippen molar-refractivity contribution < 1.29 is 13.6 Å². The molecule has 1 atom stereocenters. The number of amidine groups is 1. The van der Waals surface area contributed by atoms with E-state index < -0.39 is 17.7 Å². The summed E-state index contributed by atoms with van der Waals surface area (Å²) in [5.41, 5.74) is 0.330. The summed E-state index contributed by atoms with van der Waals surface area (Å²) in [6.45, 7) is 1.62. The molecule has 1 aromatic carbocycles. The average molecular weight is 289 g/mol. The van der Waals surface area contributed by atoms with Crippen LogP contribution in [-0.2, 0) is 4.79 Å². The van der Waals surface area contributed by atoms with Crippen LogP contribution in [0.3, 0.4) is 0 Å². The fourth-order valence-electron chi connectivity index (χ4n) is 1.35. The molecule has 1 N–H and O–H groups in total. The van der Waals surface area contributed by atoms with Gasteiger partial charge in [-0.05, 0) is 35.0 Å². The lowest BCUT2D eigenvalue weighted by molar-refractivity contribution is -0.119. The maximum atomic E-state index is 13.2. The molecule has 1 amide bonds. The number of carbonyl (C=O) groups excluding carboxylic acids is 1. The maximum absolute atomic E-state index is 13.2. The molecule has 1 aliphatic rings. The first kappa shape index (κ1) is 11.2. The van der Waals surface area contributed by atoms with Gasteiger partial charge in [-0.25, -0.2) is 8.78 Å². The SMILES string of the molecule is CC1N=C(c2ccc(F)c(F)c2Br)NC1=O. The minimum Gasteiger partial charge on any atom is -0.309 e. The summed E-state index contributed by atoms with van der Waals surface area (Å²) in [7, 11) is 0. The van der Waals surface area contributed by atoms with Crippen LogP contribution in [0.15, 0.2) is 21.6 Å². The zero-order valence-electron chi connectivity index (χ0n) is 8.22. The van der Waals surface area contributed by atoms with E-state index in [2.05, 4.69) is 26.2 Å². The molecule has 0 spiro atoms. The molecule has 1 aromatic rings.